The van der Waals surface area contributed by atoms with Crippen molar-refractivity contribution in [3.8, 4) is 11.5 Å². The summed E-state index contributed by atoms with van der Waals surface area (Å²) in [6.07, 6.45) is 6.00. The number of allylic oxidation sites excluding steroid dienone is 1. The van der Waals surface area contributed by atoms with Gasteiger partial charge in [-0.25, -0.2) is 4.79 Å². The van der Waals surface area contributed by atoms with Crippen LogP contribution in [0.1, 0.15) is 119 Å². The van der Waals surface area contributed by atoms with Gasteiger partial charge in [0.2, 0.25) is 11.9 Å². The summed E-state index contributed by atoms with van der Waals surface area (Å²) in [5.41, 5.74) is 1.06. The molecule has 3 amide bonds. The highest BCUT2D eigenvalue weighted by molar-refractivity contribution is 6.04. The Kier molecular flexibility index (Phi) is 9.76. The minimum atomic E-state index is -0.793. The summed E-state index contributed by atoms with van der Waals surface area (Å²) in [4.78, 5) is 46.9. The molecular weight excluding hydrogens is 608 g/mol. The van der Waals surface area contributed by atoms with Crippen molar-refractivity contribution in [1.82, 2.24) is 15.5 Å². The molecule has 0 radical (unpaired) electrons. The van der Waals surface area contributed by atoms with Crippen LogP contribution in [0.5, 0.6) is 11.5 Å². The molecule has 3 atom stereocenters. The average Bonchev–Trinajstić information content (AvgIpc) is 3.01. The van der Waals surface area contributed by atoms with Gasteiger partial charge in [-0.1, -0.05) is 31.7 Å². The van der Waals surface area contributed by atoms with Crippen molar-refractivity contribution in [3.63, 3.8) is 0 Å². The van der Waals surface area contributed by atoms with Gasteiger partial charge < -0.3 is 24.8 Å². The van der Waals surface area contributed by atoms with Gasteiger partial charge in [-0.05, 0) is 89.8 Å². The maximum atomic E-state index is 14.1. The lowest BCUT2D eigenvalue weighted by molar-refractivity contribution is -0.133. The molecule has 0 saturated carbocycles. The smallest absolute Gasteiger partial charge is 0.437 e. The molecule has 3 aliphatic rings. The fourth-order valence-corrected chi connectivity index (χ4v) is 6.68. The molecule has 256 valence electrons. The number of hydrogen-bond donors (Lipinski definition) is 2. The molecule has 5 rings (SSSR count). The molecule has 48 heavy (non-hydrogen) atoms. The fourth-order valence-electron chi connectivity index (χ4n) is 6.68. The zero-order valence-electron chi connectivity index (χ0n) is 29.0. The molecule has 0 aromatic heterocycles. The number of guanidine groups is 1. The fraction of sp³-hybridized carbons (Fsp3) is 0.474. The number of carbonyl (C=O) groups excluding carboxylic acids is 3. The third-order valence-corrected chi connectivity index (χ3v) is 9.08. The summed E-state index contributed by atoms with van der Waals surface area (Å²) in [5.74, 6) is 0.997. The number of carbonyl (C=O) groups is 3. The lowest BCUT2D eigenvalue weighted by atomic mass is 9.84. The van der Waals surface area contributed by atoms with E-state index in [4.69, 9.17) is 14.2 Å². The van der Waals surface area contributed by atoms with Crippen LogP contribution in [0, 0.1) is 0 Å². The van der Waals surface area contributed by atoms with Crippen LogP contribution in [-0.2, 0) is 9.53 Å². The summed E-state index contributed by atoms with van der Waals surface area (Å²) in [6, 6.07) is 10.3. The summed E-state index contributed by atoms with van der Waals surface area (Å²) >= 11 is 0. The minimum Gasteiger partial charge on any atom is -0.493 e. The highest BCUT2D eigenvalue weighted by atomic mass is 16.6. The number of benzene rings is 2. The van der Waals surface area contributed by atoms with E-state index in [-0.39, 0.29) is 30.2 Å². The first-order valence-corrected chi connectivity index (χ1v) is 16.7. The minimum absolute atomic E-state index is 0.137. The van der Waals surface area contributed by atoms with Crippen LogP contribution >= 0.6 is 0 Å². The van der Waals surface area contributed by atoms with Gasteiger partial charge in [0.15, 0.2) is 0 Å². The van der Waals surface area contributed by atoms with Crippen molar-refractivity contribution in [2.75, 3.05) is 6.61 Å². The highest BCUT2D eigenvalue weighted by Crippen LogP contribution is 2.42. The first-order valence-electron chi connectivity index (χ1n) is 16.7. The number of nitrogens with zero attached hydrogens (tertiary/aromatic N) is 2. The van der Waals surface area contributed by atoms with Crippen LogP contribution in [0.4, 0.5) is 4.79 Å². The number of amides is 3. The Morgan fingerprint density at radius 1 is 1.15 bits per heavy atom. The van der Waals surface area contributed by atoms with Crippen LogP contribution in [0.2, 0.25) is 0 Å². The molecule has 2 aromatic carbocycles. The molecule has 1 fully saturated rings. The first kappa shape index (κ1) is 34.7. The molecule has 2 aromatic rings. The van der Waals surface area contributed by atoms with Crippen molar-refractivity contribution in [1.29, 1.82) is 0 Å². The second-order valence-electron chi connectivity index (χ2n) is 14.4. The normalized spacial score (nSPS) is 23.8. The van der Waals surface area contributed by atoms with Crippen molar-refractivity contribution < 1.29 is 28.6 Å². The molecule has 0 bridgehead atoms. The lowest BCUT2D eigenvalue weighted by Gasteiger charge is -2.46. The van der Waals surface area contributed by atoms with Gasteiger partial charge >= 0.3 is 6.09 Å². The zero-order valence-corrected chi connectivity index (χ0v) is 29.0. The Morgan fingerprint density at radius 2 is 1.90 bits per heavy atom. The van der Waals surface area contributed by atoms with E-state index in [2.05, 4.69) is 28.8 Å². The number of hydrogen-bond acceptors (Lipinski definition) is 6. The molecule has 10 nitrogen and oxygen atoms in total. The molecule has 0 spiro atoms. The molecule has 0 aliphatic carbocycles. The van der Waals surface area contributed by atoms with Crippen LogP contribution in [0.25, 0.3) is 6.08 Å². The Bertz CT molecular complexity index is 1640. The molecule has 10 heteroatoms. The van der Waals surface area contributed by atoms with Crippen molar-refractivity contribution >= 4 is 29.9 Å². The van der Waals surface area contributed by atoms with Gasteiger partial charge in [0.1, 0.15) is 22.7 Å². The van der Waals surface area contributed by atoms with E-state index in [1.165, 1.54) is 0 Å². The van der Waals surface area contributed by atoms with Crippen LogP contribution < -0.4 is 20.1 Å². The summed E-state index contributed by atoms with van der Waals surface area (Å²) in [7, 11) is 0. The number of ether oxygens (including phenoxy) is 3. The molecule has 0 unspecified atom stereocenters. The maximum Gasteiger partial charge on any atom is 0.437 e. The Hall–Kier alpha value is -4.60. The average molecular weight is 657 g/mol. The Balaban J connectivity index is 1.48. The third-order valence-electron chi connectivity index (χ3n) is 9.08. The second kappa shape index (κ2) is 13.5. The monoisotopic (exact) mass is 656 g/mol. The molecular formula is C38H48N4O6. The largest absolute Gasteiger partial charge is 0.493 e. The number of fused-ring (bicyclic) bond motifs is 2. The van der Waals surface area contributed by atoms with Gasteiger partial charge in [-0.15, -0.1) is 11.6 Å². The first-order chi connectivity index (χ1) is 22.7. The molecule has 1 saturated heterocycles. The van der Waals surface area contributed by atoms with Gasteiger partial charge in [-0.3, -0.25) is 14.5 Å². The predicted octanol–water partition coefficient (Wildman–Crippen LogP) is 7.41. The van der Waals surface area contributed by atoms with Crippen molar-refractivity contribution in [3.05, 3.63) is 77.9 Å². The van der Waals surface area contributed by atoms with E-state index in [1.54, 1.807) is 49.9 Å². The third kappa shape index (κ3) is 7.58. The summed E-state index contributed by atoms with van der Waals surface area (Å²) < 4.78 is 17.7. The lowest BCUT2D eigenvalue weighted by Crippen LogP contribution is -2.63. The topological polar surface area (TPSA) is 119 Å². The number of nitrogens with one attached hydrogen (secondary N) is 2. The summed E-state index contributed by atoms with van der Waals surface area (Å²) in [6.45, 7) is 19.4. The van der Waals surface area contributed by atoms with Gasteiger partial charge in [-0.2, -0.15) is 0 Å². The van der Waals surface area contributed by atoms with E-state index in [1.807, 2.05) is 45.0 Å². The van der Waals surface area contributed by atoms with E-state index in [9.17, 15) is 14.4 Å². The zero-order chi connectivity index (χ0) is 34.9. The van der Waals surface area contributed by atoms with E-state index < -0.39 is 28.9 Å². The van der Waals surface area contributed by atoms with E-state index in [0.29, 0.717) is 55.6 Å². The van der Waals surface area contributed by atoms with Crippen LogP contribution in [-0.4, -0.2) is 52.1 Å². The predicted molar refractivity (Wildman–Crippen MR) is 186 cm³/mol. The SMILES string of the molecule is C=CCC[C@]1(CC)CC(=O)N([C@@H]2CCOc3ccc(C(=O)N[C@H]4CC(C)(C)Oc5ccc(C=C)cc54)cc32)/C(=N/C(=O)OC(C)(C)C)N1. The Labute approximate surface area is 283 Å². The number of rotatable bonds is 8. The maximum absolute atomic E-state index is 14.1. The second-order valence-corrected chi connectivity index (χ2v) is 14.4. The quantitative estimate of drug-likeness (QED) is 0.284. The van der Waals surface area contributed by atoms with Crippen LogP contribution in [0.15, 0.2) is 60.6 Å². The van der Waals surface area contributed by atoms with Gasteiger partial charge in [0.05, 0.1) is 25.1 Å². The highest BCUT2D eigenvalue weighted by Gasteiger charge is 2.45. The van der Waals surface area contributed by atoms with Gasteiger partial charge in [0.25, 0.3) is 5.91 Å². The summed E-state index contributed by atoms with van der Waals surface area (Å²) in [5, 5.41) is 6.69. The molecule has 2 N–H and O–H groups in total. The van der Waals surface area contributed by atoms with Crippen LogP contribution in [0.3, 0.4) is 0 Å². The van der Waals surface area contributed by atoms with Crippen molar-refractivity contribution in [2.45, 2.75) is 109 Å². The number of aliphatic imine (C=N–C) groups is 1. The Morgan fingerprint density at radius 3 is 2.58 bits per heavy atom. The van der Waals surface area contributed by atoms with E-state index >= 15 is 0 Å². The van der Waals surface area contributed by atoms with Crippen molar-refractivity contribution in [2.24, 2.45) is 4.99 Å². The molecule has 3 heterocycles. The van der Waals surface area contributed by atoms with E-state index in [0.717, 1.165) is 16.9 Å². The molecule has 3 aliphatic heterocycles. The standard InChI is InChI=1S/C38H48N4O6/c1-9-12-18-38(11-3)23-32(43)42(34(41-38)40-35(45)48-36(4,5)6)29-17-19-46-30-16-14-25(21-27(29)30)33(44)39-28-22-37(7,8)47-31-15-13-24(10-2)20-26(28)31/h9-10,13-16,20-21,28-29H,1-2,11-12,17-19,22-23H2,3-8H3,(H,39,44)(H,40,41,45)/t28-,29+,38+/m0/s1. The van der Waals surface area contributed by atoms with Gasteiger partial charge in [0, 0.05) is 35.1 Å².